The topological polar surface area (TPSA) is 63.4 Å². The first kappa shape index (κ1) is 16.0. The van der Waals surface area contributed by atoms with Gasteiger partial charge in [0.25, 0.3) is 0 Å². The molecule has 0 aromatic heterocycles. The van der Waals surface area contributed by atoms with E-state index in [1.807, 2.05) is 0 Å². The van der Waals surface area contributed by atoms with Gasteiger partial charge < -0.3 is 5.73 Å². The van der Waals surface area contributed by atoms with Gasteiger partial charge in [-0.05, 0) is 31.0 Å². The number of hydrogen-bond acceptors (Lipinski definition) is 3. The lowest BCUT2D eigenvalue weighted by molar-refractivity contribution is -0.182. The summed E-state index contributed by atoms with van der Waals surface area (Å²) >= 11 is 0. The predicted octanol–water partition coefficient (Wildman–Crippen LogP) is 2.37. The van der Waals surface area contributed by atoms with E-state index in [-0.39, 0.29) is 25.1 Å². The third-order valence-corrected chi connectivity index (χ3v) is 5.36. The fourth-order valence-corrected chi connectivity index (χ4v) is 3.95. The fraction of sp³-hybridized carbons (Fsp3) is 0.500. The summed E-state index contributed by atoms with van der Waals surface area (Å²) in [6.45, 7) is -0.702. The van der Waals surface area contributed by atoms with E-state index in [0.717, 1.165) is 22.5 Å². The molecule has 1 aromatic rings. The maximum atomic E-state index is 13.2. The number of rotatable bonds is 2. The van der Waals surface area contributed by atoms with Crippen molar-refractivity contribution in [2.24, 2.45) is 5.92 Å². The van der Waals surface area contributed by atoms with Gasteiger partial charge in [0.2, 0.25) is 10.0 Å². The van der Waals surface area contributed by atoms with E-state index >= 15 is 0 Å². The van der Waals surface area contributed by atoms with Crippen molar-refractivity contribution >= 4 is 15.7 Å². The van der Waals surface area contributed by atoms with Crippen LogP contribution in [0.15, 0.2) is 23.1 Å². The Morgan fingerprint density at radius 1 is 1.29 bits per heavy atom. The van der Waals surface area contributed by atoms with Crippen molar-refractivity contribution in [1.82, 2.24) is 4.31 Å². The predicted molar refractivity (Wildman–Crippen MR) is 68.4 cm³/mol. The largest absolute Gasteiger partial charge is 0.398 e. The number of piperidine rings is 1. The molecule has 0 aliphatic carbocycles. The molecule has 2 N–H and O–H groups in total. The van der Waals surface area contributed by atoms with Gasteiger partial charge in [0.1, 0.15) is 10.7 Å². The molecule has 1 unspecified atom stereocenters. The lowest BCUT2D eigenvalue weighted by atomic mass is 9.99. The molecular formula is C12H14F4N2O2S. The second kappa shape index (κ2) is 5.45. The monoisotopic (exact) mass is 326 g/mol. The first-order chi connectivity index (χ1) is 9.62. The van der Waals surface area contributed by atoms with Crippen molar-refractivity contribution in [1.29, 1.82) is 0 Å². The van der Waals surface area contributed by atoms with E-state index in [2.05, 4.69) is 0 Å². The third-order valence-electron chi connectivity index (χ3n) is 3.44. The molecule has 1 saturated heterocycles. The van der Waals surface area contributed by atoms with Crippen LogP contribution in [0.2, 0.25) is 0 Å². The Balaban J connectivity index is 2.33. The van der Waals surface area contributed by atoms with Gasteiger partial charge in [-0.2, -0.15) is 17.5 Å². The molecule has 4 nitrogen and oxygen atoms in total. The lowest BCUT2D eigenvalue weighted by Gasteiger charge is -2.33. The van der Waals surface area contributed by atoms with Gasteiger partial charge in [0.05, 0.1) is 11.6 Å². The van der Waals surface area contributed by atoms with E-state index in [1.165, 1.54) is 0 Å². The highest BCUT2D eigenvalue weighted by Crippen LogP contribution is 2.35. The summed E-state index contributed by atoms with van der Waals surface area (Å²) in [6.07, 6.45) is -4.48. The van der Waals surface area contributed by atoms with Crippen LogP contribution in [0.3, 0.4) is 0 Å². The quantitative estimate of drug-likeness (QED) is 0.670. The first-order valence-electron chi connectivity index (χ1n) is 6.24. The number of halogens is 4. The van der Waals surface area contributed by atoms with Crippen molar-refractivity contribution < 1.29 is 26.0 Å². The molecule has 0 radical (unpaired) electrons. The third kappa shape index (κ3) is 3.29. The summed E-state index contributed by atoms with van der Waals surface area (Å²) < 4.78 is 76.8. The molecule has 0 spiro atoms. The number of benzene rings is 1. The number of sulfonamides is 1. The highest BCUT2D eigenvalue weighted by molar-refractivity contribution is 7.89. The fourth-order valence-electron chi connectivity index (χ4n) is 2.30. The van der Waals surface area contributed by atoms with Gasteiger partial charge >= 0.3 is 6.18 Å². The van der Waals surface area contributed by atoms with E-state index in [0.29, 0.717) is 0 Å². The van der Waals surface area contributed by atoms with E-state index in [9.17, 15) is 26.0 Å². The molecule has 1 aliphatic heterocycles. The van der Waals surface area contributed by atoms with Gasteiger partial charge in [-0.3, -0.25) is 0 Å². The van der Waals surface area contributed by atoms with Crippen LogP contribution in [0.25, 0.3) is 0 Å². The number of nitrogens with zero attached hydrogens (tertiary/aromatic N) is 1. The highest BCUT2D eigenvalue weighted by Gasteiger charge is 2.44. The SMILES string of the molecule is Nc1ccc(F)cc1S(=O)(=O)N1CCCC(C(F)(F)F)C1. The zero-order valence-corrected chi connectivity index (χ0v) is 11.7. The van der Waals surface area contributed by atoms with Crippen molar-refractivity contribution in [3.8, 4) is 0 Å². The highest BCUT2D eigenvalue weighted by atomic mass is 32.2. The molecule has 1 aliphatic rings. The Morgan fingerprint density at radius 2 is 1.95 bits per heavy atom. The van der Waals surface area contributed by atoms with Crippen LogP contribution < -0.4 is 5.73 Å². The summed E-state index contributed by atoms with van der Waals surface area (Å²) in [5, 5.41) is 0. The molecule has 118 valence electrons. The number of nitrogen functional groups attached to an aromatic ring is 1. The van der Waals surface area contributed by atoms with Crippen LogP contribution in [0, 0.1) is 11.7 Å². The normalized spacial score (nSPS) is 21.4. The summed E-state index contributed by atoms with van der Waals surface area (Å²) in [4.78, 5) is -0.495. The number of alkyl halides is 3. The minimum absolute atomic E-state index is 0.0368. The van der Waals surface area contributed by atoms with Crippen LogP contribution in [0.5, 0.6) is 0 Å². The van der Waals surface area contributed by atoms with Crippen LogP contribution in [-0.2, 0) is 10.0 Å². The van der Waals surface area contributed by atoms with E-state index in [4.69, 9.17) is 5.73 Å². The number of hydrogen-bond donors (Lipinski definition) is 1. The lowest BCUT2D eigenvalue weighted by Crippen LogP contribution is -2.44. The molecule has 9 heteroatoms. The summed E-state index contributed by atoms with van der Waals surface area (Å²) in [7, 11) is -4.24. The van der Waals surface area contributed by atoms with E-state index in [1.54, 1.807) is 0 Å². The summed E-state index contributed by atoms with van der Waals surface area (Å²) in [5.41, 5.74) is 5.32. The molecule has 2 rings (SSSR count). The molecule has 0 bridgehead atoms. The van der Waals surface area contributed by atoms with Crippen LogP contribution in [0.1, 0.15) is 12.8 Å². The second-order valence-corrected chi connectivity index (χ2v) is 6.83. The molecule has 1 aromatic carbocycles. The zero-order chi connectivity index (χ0) is 15.8. The Bertz CT molecular complexity index is 631. The summed E-state index contributed by atoms with van der Waals surface area (Å²) in [5.74, 6) is -2.53. The molecule has 1 atom stereocenters. The summed E-state index contributed by atoms with van der Waals surface area (Å²) in [6, 6.07) is 2.79. The van der Waals surface area contributed by atoms with Crippen molar-refractivity contribution in [2.75, 3.05) is 18.8 Å². The van der Waals surface area contributed by atoms with Crippen molar-refractivity contribution in [2.45, 2.75) is 23.9 Å². The number of nitrogens with two attached hydrogens (primary N) is 1. The Labute approximate surface area is 119 Å². The van der Waals surface area contributed by atoms with Crippen molar-refractivity contribution in [3.05, 3.63) is 24.0 Å². The van der Waals surface area contributed by atoms with Gasteiger partial charge in [0.15, 0.2) is 0 Å². The molecular weight excluding hydrogens is 312 g/mol. The van der Waals surface area contributed by atoms with Gasteiger partial charge in [0, 0.05) is 13.1 Å². The van der Waals surface area contributed by atoms with Crippen LogP contribution >= 0.6 is 0 Å². The van der Waals surface area contributed by atoms with Crippen LogP contribution in [-0.4, -0.2) is 32.0 Å². The maximum Gasteiger partial charge on any atom is 0.393 e. The zero-order valence-electron chi connectivity index (χ0n) is 10.9. The van der Waals surface area contributed by atoms with Crippen LogP contribution in [0.4, 0.5) is 23.2 Å². The minimum Gasteiger partial charge on any atom is -0.398 e. The van der Waals surface area contributed by atoms with Gasteiger partial charge in [-0.25, -0.2) is 12.8 Å². The average Bonchev–Trinajstić information content (AvgIpc) is 2.40. The first-order valence-corrected chi connectivity index (χ1v) is 7.68. The van der Waals surface area contributed by atoms with E-state index < -0.39 is 39.4 Å². The smallest absolute Gasteiger partial charge is 0.393 e. The van der Waals surface area contributed by atoms with Gasteiger partial charge in [-0.1, -0.05) is 0 Å². The molecule has 0 saturated carbocycles. The van der Waals surface area contributed by atoms with Gasteiger partial charge in [-0.15, -0.1) is 0 Å². The standard InChI is InChI=1S/C12H14F4N2O2S/c13-9-3-4-10(17)11(6-9)21(19,20)18-5-1-2-8(7-18)12(14,15)16/h3-4,6,8H,1-2,5,7,17H2. The Kier molecular flexibility index (Phi) is 4.16. The second-order valence-electron chi connectivity index (χ2n) is 4.93. The number of anilines is 1. The Morgan fingerprint density at radius 3 is 2.57 bits per heavy atom. The molecule has 21 heavy (non-hydrogen) atoms. The molecule has 1 fully saturated rings. The molecule has 1 heterocycles. The van der Waals surface area contributed by atoms with Crippen molar-refractivity contribution in [3.63, 3.8) is 0 Å². The molecule has 0 amide bonds. The minimum atomic E-state index is -4.46. The Hall–Kier alpha value is -1.35. The maximum absolute atomic E-state index is 13.2. The average molecular weight is 326 g/mol.